The van der Waals surface area contributed by atoms with Crippen LogP contribution in [0.15, 0.2) is 93.4 Å². The van der Waals surface area contributed by atoms with E-state index in [9.17, 15) is 0 Å². The third kappa shape index (κ3) is 5.81. The molecule has 2 heterocycles. The summed E-state index contributed by atoms with van der Waals surface area (Å²) in [6.07, 6.45) is 18.0. The highest BCUT2D eigenvalue weighted by Crippen LogP contribution is 2.46. The van der Waals surface area contributed by atoms with E-state index in [2.05, 4.69) is 103 Å². The molecule has 5 rings (SSSR count). The van der Waals surface area contributed by atoms with Crippen LogP contribution < -0.4 is 9.47 Å². The van der Waals surface area contributed by atoms with E-state index in [1.165, 1.54) is 92.5 Å². The monoisotopic (exact) mass is 527 g/mol. The van der Waals surface area contributed by atoms with Crippen LogP contribution in [-0.4, -0.2) is 6.54 Å². The Morgan fingerprint density at radius 3 is 2.59 bits per heavy atom. The molecule has 2 nitrogen and oxygen atoms in total. The summed E-state index contributed by atoms with van der Waals surface area (Å²) in [6.45, 7) is 9.05. The lowest BCUT2D eigenvalue weighted by Crippen LogP contribution is -2.34. The summed E-state index contributed by atoms with van der Waals surface area (Å²) in [7, 11) is 0. The molecular weight excluding hydrogens is 489 g/mol. The first-order chi connectivity index (χ1) is 18.2. The van der Waals surface area contributed by atoms with Gasteiger partial charge in [0.1, 0.15) is 4.70 Å². The highest BCUT2D eigenvalue weighted by molar-refractivity contribution is 8.03. The van der Waals surface area contributed by atoms with Crippen molar-refractivity contribution in [1.29, 1.82) is 0 Å². The highest BCUT2D eigenvalue weighted by Gasteiger charge is 2.24. The molecule has 0 saturated carbocycles. The average Bonchev–Trinajstić information content (AvgIpc) is 3.46. The van der Waals surface area contributed by atoms with E-state index in [1.54, 1.807) is 0 Å². The number of hydrogen-bond donors (Lipinski definition) is 0. The number of anilines is 1. The Morgan fingerprint density at radius 1 is 0.919 bits per heavy atom. The number of benzene rings is 2. The highest BCUT2D eigenvalue weighted by atomic mass is 32.2. The van der Waals surface area contributed by atoms with Crippen molar-refractivity contribution >= 4 is 45.1 Å². The molecule has 2 aromatic carbocycles. The summed E-state index contributed by atoms with van der Waals surface area (Å²) in [5, 5.41) is 2.72. The maximum absolute atomic E-state index is 2.51. The van der Waals surface area contributed by atoms with Crippen LogP contribution in [0.4, 0.5) is 5.69 Å². The molecule has 0 amide bonds. The van der Waals surface area contributed by atoms with E-state index in [0.29, 0.717) is 0 Å². The van der Waals surface area contributed by atoms with Crippen LogP contribution in [-0.2, 0) is 6.54 Å². The third-order valence-corrected chi connectivity index (χ3v) is 9.72. The van der Waals surface area contributed by atoms with Crippen molar-refractivity contribution in [2.24, 2.45) is 0 Å². The molecular formula is C33H39N2S2+. The van der Waals surface area contributed by atoms with Gasteiger partial charge in [0.15, 0.2) is 6.54 Å². The average molecular weight is 528 g/mol. The predicted octanol–water partition coefficient (Wildman–Crippen LogP) is 9.68. The standard InChI is InChI=1S/C33H39N2S2/c1-4-6-23-34-28-15-8-10-17-30(28)36-32(34)21-19-26-13-12-14-27(25(26)3)20-22-33-35(24-7-5-2)29-16-9-11-18-31(29)37-33/h8-11,15-22H,4-7,12-14,23-24H2,1-3H3/q+1. The lowest BCUT2D eigenvalue weighted by Gasteiger charge is -2.21. The van der Waals surface area contributed by atoms with E-state index in [-0.39, 0.29) is 0 Å². The fourth-order valence-corrected chi connectivity index (χ4v) is 7.44. The first kappa shape index (κ1) is 26.1. The summed E-state index contributed by atoms with van der Waals surface area (Å²) in [5.41, 5.74) is 7.16. The summed E-state index contributed by atoms with van der Waals surface area (Å²) in [6, 6.07) is 17.7. The number of aromatic nitrogens is 1. The van der Waals surface area contributed by atoms with Crippen molar-refractivity contribution in [3.63, 3.8) is 0 Å². The number of fused-ring (bicyclic) bond motifs is 2. The van der Waals surface area contributed by atoms with Gasteiger partial charge in [-0.05, 0) is 73.6 Å². The summed E-state index contributed by atoms with van der Waals surface area (Å²) >= 11 is 3.83. The van der Waals surface area contributed by atoms with E-state index in [0.717, 1.165) is 13.1 Å². The zero-order valence-electron chi connectivity index (χ0n) is 22.5. The van der Waals surface area contributed by atoms with Gasteiger partial charge in [0.2, 0.25) is 5.52 Å². The number of unbranched alkanes of at least 4 members (excludes halogenated alkanes) is 2. The normalized spacial score (nSPS) is 18.2. The Kier molecular flexibility index (Phi) is 8.68. The molecule has 2 aliphatic rings. The van der Waals surface area contributed by atoms with Gasteiger partial charge in [-0.3, -0.25) is 0 Å². The number of thioether (sulfide) groups is 1. The smallest absolute Gasteiger partial charge is 0.262 e. The molecule has 0 spiro atoms. The van der Waals surface area contributed by atoms with Crippen molar-refractivity contribution in [1.82, 2.24) is 0 Å². The zero-order valence-corrected chi connectivity index (χ0v) is 24.1. The van der Waals surface area contributed by atoms with Gasteiger partial charge in [-0.2, -0.15) is 4.57 Å². The van der Waals surface area contributed by atoms with Crippen molar-refractivity contribution < 1.29 is 4.57 Å². The molecule has 0 bridgehead atoms. The maximum atomic E-state index is 2.51. The van der Waals surface area contributed by atoms with Gasteiger partial charge in [-0.25, -0.2) is 0 Å². The van der Waals surface area contributed by atoms with Crippen LogP contribution in [0.2, 0.25) is 0 Å². The van der Waals surface area contributed by atoms with E-state index in [4.69, 9.17) is 0 Å². The molecule has 4 heteroatoms. The van der Waals surface area contributed by atoms with Crippen LogP contribution >= 0.6 is 23.1 Å². The van der Waals surface area contributed by atoms with Crippen LogP contribution in [0.1, 0.15) is 70.7 Å². The minimum Gasteiger partial charge on any atom is -0.335 e. The van der Waals surface area contributed by atoms with Gasteiger partial charge < -0.3 is 4.90 Å². The van der Waals surface area contributed by atoms with Crippen LogP contribution in [0, 0.1) is 0 Å². The van der Waals surface area contributed by atoms with Crippen LogP contribution in [0.25, 0.3) is 16.3 Å². The van der Waals surface area contributed by atoms with Gasteiger partial charge in [-0.1, -0.05) is 86.2 Å². The molecule has 37 heavy (non-hydrogen) atoms. The molecule has 1 aliphatic carbocycles. The first-order valence-corrected chi connectivity index (χ1v) is 15.6. The lowest BCUT2D eigenvalue weighted by atomic mass is 9.88. The third-order valence-electron chi connectivity index (χ3n) is 7.45. The molecule has 0 atom stereocenters. The topological polar surface area (TPSA) is 7.12 Å². The fourth-order valence-electron chi connectivity index (χ4n) is 5.26. The largest absolute Gasteiger partial charge is 0.335 e. The van der Waals surface area contributed by atoms with Crippen molar-refractivity contribution in [2.75, 3.05) is 11.4 Å². The SMILES string of the molecule is CCCCN1/C(=C/C=C2\CCCC(/C=C/c3sc4ccccc4[n+]3CCCC)=C2C)Sc2ccccc21. The predicted molar refractivity (Wildman–Crippen MR) is 163 cm³/mol. The number of rotatable bonds is 9. The van der Waals surface area contributed by atoms with Gasteiger partial charge in [0, 0.05) is 30.0 Å². The molecule has 0 saturated heterocycles. The zero-order chi connectivity index (χ0) is 25.6. The van der Waals surface area contributed by atoms with E-state index in [1.807, 2.05) is 23.1 Å². The number of hydrogen-bond acceptors (Lipinski definition) is 3. The Hall–Kier alpha value is -2.56. The quantitative estimate of drug-likeness (QED) is 0.256. The molecule has 0 fully saturated rings. The molecule has 1 aromatic heterocycles. The van der Waals surface area contributed by atoms with Gasteiger partial charge in [0.25, 0.3) is 5.01 Å². The Labute approximate surface area is 231 Å². The van der Waals surface area contributed by atoms with Crippen molar-refractivity contribution in [3.05, 3.63) is 93.5 Å². The first-order valence-electron chi connectivity index (χ1n) is 13.9. The number of thiazole rings is 1. The summed E-state index contributed by atoms with van der Waals surface area (Å²) in [4.78, 5) is 3.89. The molecule has 0 radical (unpaired) electrons. The van der Waals surface area contributed by atoms with E-state index < -0.39 is 0 Å². The van der Waals surface area contributed by atoms with Crippen molar-refractivity contribution in [2.45, 2.75) is 77.2 Å². The maximum Gasteiger partial charge on any atom is 0.262 e. The summed E-state index contributed by atoms with van der Waals surface area (Å²) < 4.78 is 3.89. The van der Waals surface area contributed by atoms with Gasteiger partial charge in [-0.15, -0.1) is 0 Å². The van der Waals surface area contributed by atoms with Crippen LogP contribution in [0.3, 0.4) is 0 Å². The number of aryl methyl sites for hydroxylation is 1. The molecule has 192 valence electrons. The minimum atomic E-state index is 1.09. The number of para-hydroxylation sites is 2. The molecule has 0 unspecified atom stereocenters. The lowest BCUT2D eigenvalue weighted by molar-refractivity contribution is -0.669. The van der Waals surface area contributed by atoms with Crippen molar-refractivity contribution in [3.8, 4) is 0 Å². The minimum absolute atomic E-state index is 1.09. The van der Waals surface area contributed by atoms with Gasteiger partial charge in [0.05, 0.1) is 10.7 Å². The Morgan fingerprint density at radius 2 is 1.73 bits per heavy atom. The Balaban J connectivity index is 1.41. The molecule has 1 aliphatic heterocycles. The van der Waals surface area contributed by atoms with Crippen LogP contribution in [0.5, 0.6) is 0 Å². The second kappa shape index (κ2) is 12.3. The molecule has 0 N–H and O–H groups in total. The fraction of sp³-hybridized carbons (Fsp3) is 0.364. The summed E-state index contributed by atoms with van der Waals surface area (Å²) in [5.74, 6) is 0. The Bertz CT molecular complexity index is 1370. The second-order valence-corrected chi connectivity index (χ2v) is 12.1. The second-order valence-electron chi connectivity index (χ2n) is 10.0. The van der Waals surface area contributed by atoms with E-state index >= 15 is 0 Å². The molecule has 3 aromatic rings. The van der Waals surface area contributed by atoms with Gasteiger partial charge >= 0.3 is 0 Å². The number of nitrogens with zero attached hydrogens (tertiary/aromatic N) is 2. The number of allylic oxidation sites excluding steroid dienone is 6.